The number of hydrogen-bond acceptors (Lipinski definition) is 5. The van der Waals surface area contributed by atoms with E-state index in [-0.39, 0.29) is 0 Å². The lowest BCUT2D eigenvalue weighted by Crippen LogP contribution is -2.36. The van der Waals surface area contributed by atoms with Crippen molar-refractivity contribution in [1.82, 2.24) is 0 Å². The quantitative estimate of drug-likeness (QED) is 0.279. The summed E-state index contributed by atoms with van der Waals surface area (Å²) in [7, 11) is 0.293. The minimum absolute atomic E-state index is 0.369. The highest BCUT2D eigenvalue weighted by molar-refractivity contribution is 6.73. The van der Waals surface area contributed by atoms with Gasteiger partial charge in [-0.25, -0.2) is 0 Å². The molecule has 2 unspecified atom stereocenters. The molecule has 2 saturated heterocycles. The van der Waals surface area contributed by atoms with Crippen molar-refractivity contribution in [2.24, 2.45) is 0 Å². The van der Waals surface area contributed by atoms with Crippen LogP contribution in [0.1, 0.15) is 19.8 Å². The summed E-state index contributed by atoms with van der Waals surface area (Å²) in [4.78, 5) is 0. The zero-order valence-corrected chi connectivity index (χ0v) is 14.5. The summed E-state index contributed by atoms with van der Waals surface area (Å²) in [6.07, 6.45) is 2.93. The predicted octanol–water partition coefficient (Wildman–Crippen LogP) is 2.21. The molecule has 2 fully saturated rings. The molecule has 2 rings (SSSR count). The van der Waals surface area contributed by atoms with Crippen molar-refractivity contribution in [2.45, 2.75) is 50.1 Å². The van der Waals surface area contributed by atoms with Crippen LogP contribution in [0.3, 0.4) is 0 Å². The lowest BCUT2D eigenvalue weighted by atomic mass is 10.5. The molecule has 0 amide bonds. The summed E-state index contributed by atoms with van der Waals surface area (Å²) in [5.74, 6) is 0. The third-order valence-electron chi connectivity index (χ3n) is 4.33. The Labute approximate surface area is 129 Å². The topological polar surface area (TPSA) is 52.8 Å². The van der Waals surface area contributed by atoms with Gasteiger partial charge in [0.2, 0.25) is 0 Å². The van der Waals surface area contributed by atoms with Crippen LogP contribution in [0.5, 0.6) is 0 Å². The minimum atomic E-state index is -1.59. The Bertz CT molecular complexity index is 253. The van der Waals surface area contributed by atoms with Crippen molar-refractivity contribution in [3.8, 4) is 0 Å². The van der Waals surface area contributed by atoms with Crippen molar-refractivity contribution in [1.29, 1.82) is 0 Å². The Hall–Kier alpha value is 0.0169. The molecule has 2 heterocycles. The van der Waals surface area contributed by atoms with E-state index in [4.69, 9.17) is 23.4 Å². The Balaban J connectivity index is 1.52. The molecule has 0 aliphatic carbocycles. The van der Waals surface area contributed by atoms with Crippen LogP contribution in [-0.4, -0.2) is 67.3 Å². The van der Waals surface area contributed by atoms with E-state index < -0.39 is 8.32 Å². The van der Waals surface area contributed by atoms with Gasteiger partial charge in [-0.1, -0.05) is 6.92 Å². The number of ether oxygens (including phenoxy) is 4. The van der Waals surface area contributed by atoms with Gasteiger partial charge in [0.1, 0.15) is 12.2 Å². The maximum Gasteiger partial charge on any atom is 0.192 e. The predicted molar refractivity (Wildman–Crippen MR) is 83.2 cm³/mol. The second kappa shape index (κ2) is 9.22. The van der Waals surface area contributed by atoms with Crippen LogP contribution in [0.25, 0.3) is 0 Å². The lowest BCUT2D eigenvalue weighted by molar-refractivity contribution is 0.114. The molecule has 6 heteroatoms. The van der Waals surface area contributed by atoms with E-state index in [2.05, 4.69) is 6.92 Å². The Morgan fingerprint density at radius 3 is 1.76 bits per heavy atom. The molecule has 2 aliphatic rings. The molecule has 0 bridgehead atoms. The van der Waals surface area contributed by atoms with E-state index in [1.807, 2.05) is 7.11 Å². The van der Waals surface area contributed by atoms with Gasteiger partial charge in [-0.3, -0.25) is 0 Å². The van der Waals surface area contributed by atoms with E-state index in [9.17, 15) is 0 Å². The standard InChI is InChI=1S/C15H30O5Si/c1-3-21(16-2,8-4-6-17-10-14-12-19-14)9-5-7-18-11-15-13-20-15/h14-15H,3-13H2,1-2H3. The average molecular weight is 318 g/mol. The molecule has 0 aromatic carbocycles. The smallest absolute Gasteiger partial charge is 0.192 e. The Kier molecular flexibility index (Phi) is 7.63. The van der Waals surface area contributed by atoms with Crippen LogP contribution in [-0.2, 0) is 23.4 Å². The highest BCUT2D eigenvalue weighted by Crippen LogP contribution is 2.25. The highest BCUT2D eigenvalue weighted by atomic mass is 28.4. The third-order valence-corrected chi connectivity index (χ3v) is 9.02. The Morgan fingerprint density at radius 2 is 1.43 bits per heavy atom. The molecule has 2 atom stereocenters. The van der Waals surface area contributed by atoms with E-state index in [0.29, 0.717) is 12.2 Å². The van der Waals surface area contributed by atoms with Crippen LogP contribution in [0.2, 0.25) is 18.1 Å². The third kappa shape index (κ3) is 7.21. The zero-order valence-electron chi connectivity index (χ0n) is 13.5. The van der Waals surface area contributed by atoms with E-state index >= 15 is 0 Å². The number of hydrogen-bond donors (Lipinski definition) is 0. The molecule has 0 saturated carbocycles. The summed E-state index contributed by atoms with van der Waals surface area (Å²) >= 11 is 0. The first kappa shape index (κ1) is 17.4. The molecule has 0 aromatic rings. The fourth-order valence-corrected chi connectivity index (χ4v) is 5.81. The van der Waals surface area contributed by atoms with Gasteiger partial charge >= 0.3 is 0 Å². The van der Waals surface area contributed by atoms with Crippen LogP contribution in [0, 0.1) is 0 Å². The molecule has 0 radical (unpaired) electrons. The number of epoxide rings is 2. The van der Waals surface area contributed by atoms with Crippen LogP contribution in [0.15, 0.2) is 0 Å². The molecular formula is C15H30O5Si. The van der Waals surface area contributed by atoms with Crippen LogP contribution >= 0.6 is 0 Å². The first-order valence-electron chi connectivity index (χ1n) is 8.22. The van der Waals surface area contributed by atoms with Crippen LogP contribution in [0.4, 0.5) is 0 Å². The largest absolute Gasteiger partial charge is 0.420 e. The van der Waals surface area contributed by atoms with Crippen LogP contribution < -0.4 is 0 Å². The molecule has 124 valence electrons. The summed E-state index contributed by atoms with van der Waals surface area (Å²) in [6.45, 7) is 7.17. The van der Waals surface area contributed by atoms with Crippen molar-refractivity contribution in [2.75, 3.05) is 46.8 Å². The summed E-state index contributed by atoms with van der Waals surface area (Å²) in [6, 6.07) is 3.52. The van der Waals surface area contributed by atoms with E-state index in [1.165, 1.54) is 18.1 Å². The van der Waals surface area contributed by atoms with Crippen molar-refractivity contribution in [3.05, 3.63) is 0 Å². The molecule has 21 heavy (non-hydrogen) atoms. The second-order valence-corrected chi connectivity index (χ2v) is 10.5. The minimum Gasteiger partial charge on any atom is -0.420 e. The van der Waals surface area contributed by atoms with E-state index in [0.717, 1.165) is 52.5 Å². The van der Waals surface area contributed by atoms with Gasteiger partial charge in [-0.15, -0.1) is 0 Å². The van der Waals surface area contributed by atoms with Gasteiger partial charge in [0.05, 0.1) is 26.4 Å². The number of rotatable bonds is 14. The summed E-state index contributed by atoms with van der Waals surface area (Å²) in [5.41, 5.74) is 0. The normalized spacial score (nSPS) is 26.6. The molecular weight excluding hydrogens is 288 g/mol. The summed E-state index contributed by atoms with van der Waals surface area (Å²) < 4.78 is 27.5. The van der Waals surface area contributed by atoms with Gasteiger partial charge in [0.15, 0.2) is 8.32 Å². The Morgan fingerprint density at radius 1 is 0.952 bits per heavy atom. The SMILES string of the molecule is CC[Si](CCCOCC1CO1)(CCCOCC1CO1)OC. The maximum absolute atomic E-state index is 5.95. The highest BCUT2D eigenvalue weighted by Gasteiger charge is 2.31. The fourth-order valence-electron chi connectivity index (χ4n) is 2.58. The summed E-state index contributed by atoms with van der Waals surface area (Å²) in [5, 5.41) is 0. The second-order valence-electron chi connectivity index (χ2n) is 6.01. The average Bonchev–Trinajstić information content (AvgIpc) is 3.38. The van der Waals surface area contributed by atoms with Crippen molar-refractivity contribution >= 4 is 8.32 Å². The molecule has 5 nitrogen and oxygen atoms in total. The molecule has 2 aliphatic heterocycles. The molecule has 0 spiro atoms. The van der Waals surface area contributed by atoms with Gasteiger partial charge in [-0.05, 0) is 31.0 Å². The van der Waals surface area contributed by atoms with Gasteiger partial charge in [0.25, 0.3) is 0 Å². The zero-order chi connectivity index (χ0) is 15.0. The van der Waals surface area contributed by atoms with Gasteiger partial charge < -0.3 is 23.4 Å². The lowest BCUT2D eigenvalue weighted by Gasteiger charge is -2.28. The molecule has 0 aromatic heterocycles. The first-order valence-corrected chi connectivity index (χ1v) is 10.7. The van der Waals surface area contributed by atoms with Gasteiger partial charge in [-0.2, -0.15) is 0 Å². The fraction of sp³-hybridized carbons (Fsp3) is 1.00. The first-order chi connectivity index (χ1) is 10.3. The van der Waals surface area contributed by atoms with Gasteiger partial charge in [0, 0.05) is 20.3 Å². The van der Waals surface area contributed by atoms with Crippen molar-refractivity contribution in [3.63, 3.8) is 0 Å². The van der Waals surface area contributed by atoms with E-state index in [1.54, 1.807) is 0 Å². The maximum atomic E-state index is 5.95. The van der Waals surface area contributed by atoms with Crippen molar-refractivity contribution < 1.29 is 23.4 Å². The monoisotopic (exact) mass is 318 g/mol. The molecule has 0 N–H and O–H groups in total.